The van der Waals surface area contributed by atoms with Crippen LogP contribution in [0.25, 0.3) is 56.0 Å². The number of carbonyl (C=O) groups excluding carboxylic acids is 1. The van der Waals surface area contributed by atoms with Crippen LogP contribution >= 0.6 is 0 Å². The first-order chi connectivity index (χ1) is 21.3. The van der Waals surface area contributed by atoms with Crippen molar-refractivity contribution >= 4 is 43.7 Å². The van der Waals surface area contributed by atoms with E-state index in [1.807, 2.05) is 0 Å². The lowest BCUT2D eigenvalue weighted by molar-refractivity contribution is 0.0964. The maximum Gasteiger partial charge on any atom is 0.255 e. The van der Waals surface area contributed by atoms with E-state index < -0.39 is 33.7 Å². The maximum atomic E-state index is 14.5. The number of furan rings is 1. The molecule has 0 bridgehead atoms. The molecule has 1 atom stereocenters. The van der Waals surface area contributed by atoms with E-state index >= 15 is 0 Å². The Balaban J connectivity index is 1.66. The normalized spacial score (nSPS) is 12.5. The van der Waals surface area contributed by atoms with E-state index in [2.05, 4.69) is 10.3 Å². The summed E-state index contributed by atoms with van der Waals surface area (Å²) < 4.78 is 66.9. The number of hydrogen-bond donors (Lipinski definition) is 2. The second-order valence-corrected chi connectivity index (χ2v) is 12.6. The van der Waals surface area contributed by atoms with E-state index in [0.717, 1.165) is 10.6 Å². The highest BCUT2D eigenvalue weighted by Gasteiger charge is 2.27. The van der Waals surface area contributed by atoms with Gasteiger partial charge in [0.15, 0.2) is 11.4 Å². The summed E-state index contributed by atoms with van der Waals surface area (Å²) in [5.74, 6) is -1.25. The summed E-state index contributed by atoms with van der Waals surface area (Å²) in [6.07, 6.45) is 0.0955. The monoisotopic (exact) mass is 631 g/mol. The van der Waals surface area contributed by atoms with E-state index in [1.165, 1.54) is 56.6 Å². The van der Waals surface area contributed by atoms with Crippen molar-refractivity contribution in [3.8, 4) is 33.9 Å². The van der Waals surface area contributed by atoms with Crippen LogP contribution < -0.4 is 9.62 Å². The lowest BCUT2D eigenvalue weighted by atomic mass is 9.94. The average molecular weight is 632 g/mol. The number of aliphatic hydroxyl groups is 1. The predicted molar refractivity (Wildman–Crippen MR) is 167 cm³/mol. The Morgan fingerprint density at radius 3 is 2.31 bits per heavy atom. The highest BCUT2D eigenvalue weighted by atomic mass is 32.2. The Bertz CT molecular complexity index is 2220. The van der Waals surface area contributed by atoms with Crippen LogP contribution in [0.3, 0.4) is 0 Å². The molecule has 0 saturated heterocycles. The molecule has 0 spiro atoms. The van der Waals surface area contributed by atoms with Gasteiger partial charge in [0.1, 0.15) is 22.7 Å². The molecule has 1 unspecified atom stereocenters. The number of benzene rings is 4. The van der Waals surface area contributed by atoms with Crippen LogP contribution in [0.15, 0.2) is 81.6 Å². The molecular weight excluding hydrogens is 604 g/mol. The topological polar surface area (TPSA) is 126 Å². The van der Waals surface area contributed by atoms with Crippen molar-refractivity contribution in [3.05, 3.63) is 95.6 Å². The van der Waals surface area contributed by atoms with E-state index in [-0.39, 0.29) is 39.6 Å². The van der Waals surface area contributed by atoms with E-state index in [4.69, 9.17) is 8.83 Å². The molecule has 230 valence electrons. The molecule has 6 rings (SSSR count). The molecule has 0 radical (unpaired) electrons. The van der Waals surface area contributed by atoms with Gasteiger partial charge < -0.3 is 19.3 Å². The van der Waals surface area contributed by atoms with Crippen LogP contribution in [-0.4, -0.2) is 44.8 Å². The maximum absolute atomic E-state index is 14.5. The van der Waals surface area contributed by atoms with Gasteiger partial charge in [-0.15, -0.1) is 0 Å². The van der Waals surface area contributed by atoms with Crippen molar-refractivity contribution in [1.29, 1.82) is 0 Å². The molecule has 2 aromatic heterocycles. The summed E-state index contributed by atoms with van der Waals surface area (Å²) in [6, 6.07) is 17.9. The molecule has 0 aliphatic rings. The van der Waals surface area contributed by atoms with Crippen molar-refractivity contribution in [1.82, 2.24) is 10.3 Å². The Hall–Kier alpha value is -5.07. The highest BCUT2D eigenvalue weighted by molar-refractivity contribution is 7.92. The molecule has 45 heavy (non-hydrogen) atoms. The fourth-order valence-electron chi connectivity index (χ4n) is 5.17. The third-order valence-corrected chi connectivity index (χ3v) is 8.76. The lowest BCUT2D eigenvalue weighted by Crippen LogP contribution is -2.25. The minimum absolute atomic E-state index is 0.0392. The molecule has 1 amide bonds. The fourth-order valence-corrected chi connectivity index (χ4v) is 5.68. The van der Waals surface area contributed by atoms with Crippen LogP contribution in [-0.2, 0) is 10.0 Å². The summed E-state index contributed by atoms with van der Waals surface area (Å²) in [4.78, 5) is 17.6. The van der Waals surface area contributed by atoms with Gasteiger partial charge in [-0.25, -0.2) is 22.2 Å². The fraction of sp³-hybridized carbons (Fsp3) is 0.152. The van der Waals surface area contributed by atoms with Crippen molar-refractivity contribution in [3.63, 3.8) is 0 Å². The number of halogens is 2. The van der Waals surface area contributed by atoms with E-state index in [1.54, 1.807) is 37.3 Å². The van der Waals surface area contributed by atoms with Gasteiger partial charge in [0.25, 0.3) is 5.91 Å². The highest BCUT2D eigenvalue weighted by Crippen LogP contribution is 2.43. The minimum atomic E-state index is -3.80. The SMILES string of the molecule is CNC(=O)c1c(-c2ccc(F)cc2)oc2cc(N(C)S(C)(=O)=O)c(-c3cc(-c4nc5c(F)cccc5o4)cc(C(C)O)c3)cc12. The molecule has 0 aliphatic heterocycles. The number of hydrogen-bond acceptors (Lipinski definition) is 7. The number of anilines is 1. The number of nitrogens with one attached hydrogen (secondary N) is 1. The number of nitrogens with zero attached hydrogens (tertiary/aromatic N) is 2. The smallest absolute Gasteiger partial charge is 0.255 e. The van der Waals surface area contributed by atoms with Gasteiger partial charge in [0, 0.05) is 42.2 Å². The molecule has 0 saturated carbocycles. The van der Waals surface area contributed by atoms with Gasteiger partial charge in [0.05, 0.1) is 23.6 Å². The van der Waals surface area contributed by atoms with Gasteiger partial charge in [-0.1, -0.05) is 6.07 Å². The molecule has 0 fully saturated rings. The number of oxazole rings is 1. The zero-order valence-electron chi connectivity index (χ0n) is 24.6. The predicted octanol–water partition coefficient (Wildman–Crippen LogP) is 6.66. The number of fused-ring (bicyclic) bond motifs is 2. The van der Waals surface area contributed by atoms with Crippen molar-refractivity contribution in [2.75, 3.05) is 24.7 Å². The number of rotatable bonds is 7. The molecule has 4 aromatic carbocycles. The second-order valence-electron chi connectivity index (χ2n) is 10.6. The van der Waals surface area contributed by atoms with Crippen LogP contribution in [0.5, 0.6) is 0 Å². The van der Waals surface area contributed by atoms with Crippen molar-refractivity contribution < 1.29 is 35.9 Å². The van der Waals surface area contributed by atoms with Crippen LogP contribution in [0, 0.1) is 11.6 Å². The molecule has 12 heteroatoms. The Morgan fingerprint density at radius 2 is 1.67 bits per heavy atom. The third-order valence-electron chi connectivity index (χ3n) is 7.57. The van der Waals surface area contributed by atoms with Gasteiger partial charge in [0.2, 0.25) is 15.9 Å². The summed E-state index contributed by atoms with van der Waals surface area (Å²) >= 11 is 0. The van der Waals surface area contributed by atoms with Gasteiger partial charge in [-0.05, 0) is 78.7 Å². The molecule has 2 N–H and O–H groups in total. The minimum Gasteiger partial charge on any atom is -0.455 e. The van der Waals surface area contributed by atoms with Crippen molar-refractivity contribution in [2.24, 2.45) is 0 Å². The molecular formula is C33H27F2N3O6S. The zero-order valence-corrected chi connectivity index (χ0v) is 25.4. The van der Waals surface area contributed by atoms with Crippen LogP contribution in [0.4, 0.5) is 14.5 Å². The molecule has 0 aliphatic carbocycles. The number of sulfonamides is 1. The second kappa shape index (κ2) is 11.1. The third kappa shape index (κ3) is 5.42. The number of aliphatic hydroxyl groups excluding tert-OH is 1. The Kier molecular flexibility index (Phi) is 7.42. The van der Waals surface area contributed by atoms with Gasteiger partial charge >= 0.3 is 0 Å². The lowest BCUT2D eigenvalue weighted by Gasteiger charge is -2.21. The number of aromatic nitrogens is 1. The number of amides is 1. The van der Waals surface area contributed by atoms with Crippen LogP contribution in [0.2, 0.25) is 0 Å². The first kappa shape index (κ1) is 30.0. The summed E-state index contributed by atoms with van der Waals surface area (Å²) in [7, 11) is -0.955. The standard InChI is InChI=1S/C33H27F2N3O6S/c1-17(39)19-12-20(14-21(13-19)33-37-30-25(35)6-5-7-27(30)44-33)23-15-24-28(16-26(23)38(3)45(4,41)42)43-31(29(24)32(40)36-2)18-8-10-22(34)11-9-18/h5-17,39H,1-4H3,(H,36,40). The largest absolute Gasteiger partial charge is 0.455 e. The van der Waals surface area contributed by atoms with Gasteiger partial charge in [-0.3, -0.25) is 9.10 Å². The summed E-state index contributed by atoms with van der Waals surface area (Å²) in [6.45, 7) is 1.57. The first-order valence-corrected chi connectivity index (χ1v) is 15.6. The quantitative estimate of drug-likeness (QED) is 0.202. The Morgan fingerprint density at radius 1 is 0.956 bits per heavy atom. The first-order valence-electron chi connectivity index (χ1n) is 13.8. The number of carbonyl (C=O) groups is 1. The molecule has 9 nitrogen and oxygen atoms in total. The Labute approximate surface area is 256 Å². The number of para-hydroxylation sites is 1. The summed E-state index contributed by atoms with van der Waals surface area (Å²) in [5.41, 5.74) is 2.97. The molecule has 6 aromatic rings. The summed E-state index contributed by atoms with van der Waals surface area (Å²) in [5, 5.41) is 13.6. The molecule has 2 heterocycles. The van der Waals surface area contributed by atoms with Crippen LogP contribution in [0.1, 0.15) is 28.9 Å². The van der Waals surface area contributed by atoms with E-state index in [0.29, 0.717) is 33.2 Å². The van der Waals surface area contributed by atoms with E-state index in [9.17, 15) is 27.1 Å². The average Bonchev–Trinajstić information content (AvgIpc) is 3.62. The zero-order chi connectivity index (χ0) is 32.2. The van der Waals surface area contributed by atoms with Crippen molar-refractivity contribution in [2.45, 2.75) is 13.0 Å². The van der Waals surface area contributed by atoms with Gasteiger partial charge in [-0.2, -0.15) is 0 Å².